The number of nitrogens with zero attached hydrogens (tertiary/aromatic N) is 2. The van der Waals surface area contributed by atoms with Crippen LogP contribution in [0.4, 0.5) is 5.69 Å². The Bertz CT molecular complexity index is 664. The van der Waals surface area contributed by atoms with E-state index in [0.717, 1.165) is 4.31 Å². The maximum Gasteiger partial charge on any atom is 0.264 e. The Morgan fingerprint density at radius 2 is 1.96 bits per heavy atom. The van der Waals surface area contributed by atoms with Crippen LogP contribution in [0.1, 0.15) is 26.3 Å². The maximum atomic E-state index is 12.2. The van der Waals surface area contributed by atoms with Crippen molar-refractivity contribution in [2.24, 2.45) is 0 Å². The minimum atomic E-state index is -2.47. The van der Waals surface area contributed by atoms with Crippen molar-refractivity contribution in [3.8, 4) is 0 Å². The number of carbonyl (C=O) groups excluding carboxylic acids is 2. The summed E-state index contributed by atoms with van der Waals surface area (Å²) in [7, 11) is 0. The molecule has 0 aliphatic carbocycles. The van der Waals surface area contributed by atoms with Crippen molar-refractivity contribution < 1.29 is 23.6 Å². The van der Waals surface area contributed by atoms with Gasteiger partial charge in [0, 0.05) is 19.2 Å². The van der Waals surface area contributed by atoms with Gasteiger partial charge < -0.3 is 4.90 Å². The van der Waals surface area contributed by atoms with Crippen LogP contribution in [0.5, 0.6) is 0 Å². The van der Waals surface area contributed by atoms with Gasteiger partial charge in [-0.05, 0) is 25.5 Å². The lowest BCUT2D eigenvalue weighted by Crippen LogP contribution is -2.64. The van der Waals surface area contributed by atoms with Crippen molar-refractivity contribution in [3.05, 3.63) is 29.8 Å². The molecule has 2 unspecified atom stereocenters. The number of para-hydroxylation sites is 1. The fourth-order valence-corrected chi connectivity index (χ4v) is 3.92. The van der Waals surface area contributed by atoms with Gasteiger partial charge in [-0.25, -0.2) is 9.69 Å². The number of benzene rings is 1. The molecule has 1 aliphatic rings. The standard InChI is InChI=1S/C14H19N3O5S/c1-9(18)17-11-7-5-4-6-10(11)8-16(23(21)22)12(13(19)15-20)14(17,2)3/h4-7,12,20H,8H2,1-3H3,(H,15,19)(H,21,22). The zero-order valence-corrected chi connectivity index (χ0v) is 13.8. The van der Waals surface area contributed by atoms with Crippen molar-refractivity contribution in [2.45, 2.75) is 38.9 Å². The van der Waals surface area contributed by atoms with Crippen LogP contribution in [-0.4, -0.2) is 41.7 Å². The van der Waals surface area contributed by atoms with Crippen LogP contribution >= 0.6 is 0 Å². The lowest BCUT2D eigenvalue weighted by Gasteiger charge is -2.43. The third-order valence-electron chi connectivity index (χ3n) is 3.97. The summed E-state index contributed by atoms with van der Waals surface area (Å²) in [5, 5.41) is 9.04. The topological polar surface area (TPSA) is 110 Å². The van der Waals surface area contributed by atoms with E-state index in [-0.39, 0.29) is 12.5 Å². The number of hydrogen-bond acceptors (Lipinski definition) is 4. The predicted molar refractivity (Wildman–Crippen MR) is 83.7 cm³/mol. The first kappa shape index (κ1) is 17.5. The normalized spacial score (nSPS) is 22.0. The van der Waals surface area contributed by atoms with E-state index in [9.17, 15) is 18.4 Å². The number of hydrogen-bond donors (Lipinski definition) is 3. The summed E-state index contributed by atoms with van der Waals surface area (Å²) in [5.74, 6) is -1.18. The SMILES string of the molecule is CC(=O)N1c2ccccc2CN(S(=O)O)C(C(=O)NO)C1(C)C. The highest BCUT2D eigenvalue weighted by Crippen LogP contribution is 2.37. The van der Waals surface area contributed by atoms with Gasteiger partial charge in [-0.3, -0.25) is 19.3 Å². The number of nitrogens with one attached hydrogen (secondary N) is 1. The molecule has 23 heavy (non-hydrogen) atoms. The highest BCUT2D eigenvalue weighted by Gasteiger charge is 2.49. The summed E-state index contributed by atoms with van der Waals surface area (Å²) in [6.45, 7) is 4.55. The highest BCUT2D eigenvalue weighted by atomic mass is 32.2. The second-order valence-electron chi connectivity index (χ2n) is 5.82. The van der Waals surface area contributed by atoms with Gasteiger partial charge in [-0.2, -0.15) is 4.31 Å². The van der Waals surface area contributed by atoms with Gasteiger partial charge >= 0.3 is 0 Å². The highest BCUT2D eigenvalue weighted by molar-refractivity contribution is 7.76. The minimum Gasteiger partial charge on any atom is -0.305 e. The van der Waals surface area contributed by atoms with E-state index in [4.69, 9.17) is 5.21 Å². The molecule has 1 aromatic rings. The second-order valence-corrected chi connectivity index (χ2v) is 6.75. The molecule has 3 N–H and O–H groups in total. The number of amides is 2. The Hall–Kier alpha value is -1.81. The Labute approximate surface area is 136 Å². The zero-order chi connectivity index (χ0) is 17.4. The first-order valence-electron chi connectivity index (χ1n) is 6.92. The average molecular weight is 341 g/mol. The van der Waals surface area contributed by atoms with E-state index in [2.05, 4.69) is 0 Å². The van der Waals surface area contributed by atoms with Crippen LogP contribution < -0.4 is 10.4 Å². The average Bonchev–Trinajstić information content (AvgIpc) is 2.57. The summed E-state index contributed by atoms with van der Waals surface area (Å²) >= 11 is -2.47. The van der Waals surface area contributed by atoms with Gasteiger partial charge in [0.25, 0.3) is 5.91 Å². The number of carbonyl (C=O) groups is 2. The first-order chi connectivity index (χ1) is 10.7. The van der Waals surface area contributed by atoms with Crippen LogP contribution in [0.2, 0.25) is 0 Å². The number of hydroxylamine groups is 1. The van der Waals surface area contributed by atoms with Gasteiger partial charge in [-0.1, -0.05) is 18.2 Å². The molecule has 0 saturated carbocycles. The summed E-state index contributed by atoms with van der Waals surface area (Å²) in [6.07, 6.45) is 0. The van der Waals surface area contributed by atoms with E-state index in [1.54, 1.807) is 38.1 Å². The van der Waals surface area contributed by atoms with E-state index in [1.807, 2.05) is 0 Å². The van der Waals surface area contributed by atoms with Crippen LogP contribution in [0.3, 0.4) is 0 Å². The summed E-state index contributed by atoms with van der Waals surface area (Å²) in [5.41, 5.74) is 1.54. The fourth-order valence-electron chi connectivity index (χ4n) is 3.14. The number of rotatable bonds is 2. The first-order valence-corrected chi connectivity index (χ1v) is 7.98. The van der Waals surface area contributed by atoms with Crippen molar-refractivity contribution in [3.63, 3.8) is 0 Å². The molecular formula is C14H19N3O5S. The quantitative estimate of drug-likeness (QED) is 0.415. The van der Waals surface area contributed by atoms with Crippen LogP contribution in [0.15, 0.2) is 24.3 Å². The molecule has 8 nitrogen and oxygen atoms in total. The molecule has 1 aromatic carbocycles. The Morgan fingerprint density at radius 1 is 1.35 bits per heavy atom. The van der Waals surface area contributed by atoms with Gasteiger partial charge in [0.15, 0.2) is 0 Å². The van der Waals surface area contributed by atoms with Crippen molar-refractivity contribution in [2.75, 3.05) is 4.90 Å². The molecule has 0 spiro atoms. The van der Waals surface area contributed by atoms with Crippen molar-refractivity contribution in [1.29, 1.82) is 0 Å². The van der Waals surface area contributed by atoms with Gasteiger partial charge in [0.2, 0.25) is 17.2 Å². The molecule has 2 atom stereocenters. The third kappa shape index (κ3) is 3.00. The van der Waals surface area contributed by atoms with E-state index >= 15 is 0 Å². The Kier molecular flexibility index (Phi) is 4.85. The largest absolute Gasteiger partial charge is 0.305 e. The van der Waals surface area contributed by atoms with Gasteiger partial charge in [0.05, 0.1) is 5.54 Å². The third-order valence-corrected chi connectivity index (χ3v) is 4.71. The molecule has 1 aliphatic heterocycles. The molecular weight excluding hydrogens is 322 g/mol. The summed E-state index contributed by atoms with van der Waals surface area (Å²) < 4.78 is 22.5. The molecule has 1 heterocycles. The summed E-state index contributed by atoms with van der Waals surface area (Å²) in [4.78, 5) is 25.8. The molecule has 126 valence electrons. The minimum absolute atomic E-state index is 0.0232. The molecule has 0 radical (unpaired) electrons. The monoisotopic (exact) mass is 341 g/mol. The van der Waals surface area contributed by atoms with Crippen molar-refractivity contribution >= 4 is 28.8 Å². The van der Waals surface area contributed by atoms with Crippen molar-refractivity contribution in [1.82, 2.24) is 9.79 Å². The molecule has 9 heteroatoms. The lowest BCUT2D eigenvalue weighted by molar-refractivity contribution is -0.135. The van der Waals surface area contributed by atoms with Gasteiger partial charge in [-0.15, -0.1) is 0 Å². The number of anilines is 1. The Morgan fingerprint density at radius 3 is 2.48 bits per heavy atom. The second kappa shape index (κ2) is 6.36. The predicted octanol–water partition coefficient (Wildman–Crippen LogP) is 0.644. The number of fused-ring (bicyclic) bond motifs is 1. The molecule has 0 bridgehead atoms. The summed E-state index contributed by atoms with van der Waals surface area (Å²) in [6, 6.07) is 5.71. The molecule has 2 amide bonds. The smallest absolute Gasteiger partial charge is 0.264 e. The Balaban J connectivity index is 2.73. The van der Waals surface area contributed by atoms with E-state index in [0.29, 0.717) is 11.3 Å². The van der Waals surface area contributed by atoms with Crippen LogP contribution in [0, 0.1) is 0 Å². The lowest BCUT2D eigenvalue weighted by atomic mass is 9.91. The maximum absolute atomic E-state index is 12.2. The molecule has 2 rings (SSSR count). The van der Waals surface area contributed by atoms with Crippen LogP contribution in [-0.2, 0) is 27.4 Å². The van der Waals surface area contributed by atoms with Gasteiger partial charge in [0.1, 0.15) is 6.04 Å². The van der Waals surface area contributed by atoms with E-state index in [1.165, 1.54) is 17.3 Å². The molecule has 0 saturated heterocycles. The molecule has 0 fully saturated rings. The molecule has 0 aromatic heterocycles. The zero-order valence-electron chi connectivity index (χ0n) is 13.0. The van der Waals surface area contributed by atoms with E-state index < -0.39 is 28.8 Å². The van der Waals surface area contributed by atoms with Crippen LogP contribution in [0.25, 0.3) is 0 Å². The fraction of sp³-hybridized carbons (Fsp3) is 0.429.